The number of carbonyl (C=O) groups is 1. The van der Waals surface area contributed by atoms with Crippen molar-refractivity contribution in [2.45, 2.75) is 20.3 Å². The van der Waals surface area contributed by atoms with E-state index in [0.29, 0.717) is 5.75 Å². The van der Waals surface area contributed by atoms with Crippen molar-refractivity contribution in [1.82, 2.24) is 4.57 Å². The van der Waals surface area contributed by atoms with Crippen LogP contribution >= 0.6 is 0 Å². The summed E-state index contributed by atoms with van der Waals surface area (Å²) in [4.78, 5) is 12.0. The third-order valence-corrected chi connectivity index (χ3v) is 4.91. The quantitative estimate of drug-likeness (QED) is 0.350. The molecule has 3 nitrogen and oxygen atoms in total. The van der Waals surface area contributed by atoms with Gasteiger partial charge in [0, 0.05) is 16.5 Å². The molecule has 0 bridgehead atoms. The van der Waals surface area contributed by atoms with Crippen molar-refractivity contribution < 1.29 is 9.53 Å². The van der Waals surface area contributed by atoms with E-state index in [4.69, 9.17) is 4.74 Å². The second-order valence-electron chi connectivity index (χ2n) is 6.59. The van der Waals surface area contributed by atoms with E-state index in [1.165, 1.54) is 10.8 Å². The average molecular weight is 343 g/mol. The summed E-state index contributed by atoms with van der Waals surface area (Å²) in [6.45, 7) is 3.87. The number of carbonyl (C=O) groups excluding carboxylic acids is 1. The molecule has 1 aromatic heterocycles. The van der Waals surface area contributed by atoms with Gasteiger partial charge >= 0.3 is 5.97 Å². The van der Waals surface area contributed by atoms with Gasteiger partial charge in [0.15, 0.2) is 0 Å². The van der Waals surface area contributed by atoms with E-state index in [1.54, 1.807) is 0 Å². The second kappa shape index (κ2) is 6.68. The number of para-hydroxylation sites is 2. The first-order valence-electron chi connectivity index (χ1n) is 8.99. The number of hydrogen-bond donors (Lipinski definition) is 0. The summed E-state index contributed by atoms with van der Waals surface area (Å²) in [5.41, 5.74) is 3.38. The monoisotopic (exact) mass is 343 g/mol. The SMILES string of the molecule is CCC(C)C(=O)Oc1ccc(-n2c3ccccc3c3ccccc32)cc1. The normalized spacial score (nSPS) is 12.4. The van der Waals surface area contributed by atoms with Crippen molar-refractivity contribution in [3.8, 4) is 11.4 Å². The molecule has 0 aliphatic carbocycles. The lowest BCUT2D eigenvalue weighted by molar-refractivity contribution is -0.138. The molecule has 0 N–H and O–H groups in total. The van der Waals surface area contributed by atoms with Gasteiger partial charge in [0.25, 0.3) is 0 Å². The molecule has 1 unspecified atom stereocenters. The van der Waals surface area contributed by atoms with Gasteiger partial charge in [0.2, 0.25) is 0 Å². The minimum absolute atomic E-state index is 0.0907. The van der Waals surface area contributed by atoms with Crippen molar-refractivity contribution >= 4 is 27.8 Å². The van der Waals surface area contributed by atoms with Crippen LogP contribution in [0.5, 0.6) is 5.75 Å². The highest BCUT2D eigenvalue weighted by atomic mass is 16.5. The van der Waals surface area contributed by atoms with Crippen molar-refractivity contribution in [3.05, 3.63) is 72.8 Å². The maximum Gasteiger partial charge on any atom is 0.314 e. The largest absolute Gasteiger partial charge is 0.426 e. The molecule has 26 heavy (non-hydrogen) atoms. The van der Waals surface area contributed by atoms with Crippen molar-refractivity contribution in [3.63, 3.8) is 0 Å². The third kappa shape index (κ3) is 2.76. The summed E-state index contributed by atoms with van der Waals surface area (Å²) >= 11 is 0. The van der Waals surface area contributed by atoms with E-state index in [2.05, 4.69) is 53.1 Å². The molecular weight excluding hydrogens is 322 g/mol. The summed E-state index contributed by atoms with van der Waals surface area (Å²) in [6, 6.07) is 24.5. The highest BCUT2D eigenvalue weighted by Gasteiger charge is 2.14. The first-order chi connectivity index (χ1) is 12.7. The van der Waals surface area contributed by atoms with Gasteiger partial charge in [-0.15, -0.1) is 0 Å². The Morgan fingerprint density at radius 1 is 0.885 bits per heavy atom. The molecule has 3 aromatic carbocycles. The zero-order valence-electron chi connectivity index (χ0n) is 15.0. The molecule has 0 aliphatic heterocycles. The Morgan fingerprint density at radius 2 is 1.42 bits per heavy atom. The van der Waals surface area contributed by atoms with E-state index in [-0.39, 0.29) is 11.9 Å². The average Bonchev–Trinajstić information content (AvgIpc) is 3.02. The molecular formula is C23H21NO2. The maximum absolute atomic E-state index is 12.0. The molecule has 4 aromatic rings. The van der Waals surface area contributed by atoms with E-state index in [9.17, 15) is 4.79 Å². The first-order valence-corrected chi connectivity index (χ1v) is 8.99. The highest BCUT2D eigenvalue weighted by molar-refractivity contribution is 6.09. The number of rotatable bonds is 4. The van der Waals surface area contributed by atoms with E-state index in [0.717, 1.165) is 23.1 Å². The summed E-state index contributed by atoms with van der Waals surface area (Å²) in [5.74, 6) is 0.309. The Balaban J connectivity index is 1.77. The molecule has 0 spiro atoms. The van der Waals surface area contributed by atoms with Crippen LogP contribution in [0, 0.1) is 5.92 Å². The topological polar surface area (TPSA) is 31.2 Å². The number of benzene rings is 3. The Morgan fingerprint density at radius 3 is 1.96 bits per heavy atom. The standard InChI is InChI=1S/C23H21NO2/c1-3-16(2)23(25)26-18-14-12-17(13-15-18)24-21-10-6-4-8-19(21)20-9-5-7-11-22(20)24/h4-16H,3H2,1-2H3. The summed E-state index contributed by atoms with van der Waals surface area (Å²) in [5, 5.41) is 2.46. The number of esters is 1. The number of fused-ring (bicyclic) bond motifs is 3. The molecule has 0 radical (unpaired) electrons. The van der Waals surface area contributed by atoms with Gasteiger partial charge in [-0.1, -0.05) is 50.2 Å². The molecule has 3 heteroatoms. The van der Waals surface area contributed by atoms with Crippen LogP contribution in [0.3, 0.4) is 0 Å². The molecule has 4 rings (SSSR count). The Hall–Kier alpha value is -3.07. The lowest BCUT2D eigenvalue weighted by atomic mass is 10.1. The van der Waals surface area contributed by atoms with Crippen LogP contribution in [0.2, 0.25) is 0 Å². The van der Waals surface area contributed by atoms with Crippen LogP contribution in [0.25, 0.3) is 27.5 Å². The predicted octanol–water partition coefficient (Wildman–Crippen LogP) is 5.74. The summed E-state index contributed by atoms with van der Waals surface area (Å²) in [7, 11) is 0. The van der Waals surface area contributed by atoms with Crippen molar-refractivity contribution in [1.29, 1.82) is 0 Å². The van der Waals surface area contributed by atoms with Crippen LogP contribution in [-0.4, -0.2) is 10.5 Å². The number of nitrogens with zero attached hydrogens (tertiary/aromatic N) is 1. The Labute approximate surface area is 152 Å². The molecule has 0 amide bonds. The minimum atomic E-state index is -0.183. The zero-order chi connectivity index (χ0) is 18.1. The number of ether oxygens (including phenoxy) is 1. The fraction of sp³-hybridized carbons (Fsp3) is 0.174. The fourth-order valence-corrected chi connectivity index (χ4v) is 3.25. The zero-order valence-corrected chi connectivity index (χ0v) is 15.0. The van der Waals surface area contributed by atoms with Gasteiger partial charge in [0.05, 0.1) is 17.0 Å². The van der Waals surface area contributed by atoms with Crippen LogP contribution in [0.15, 0.2) is 72.8 Å². The first kappa shape index (κ1) is 16.4. The van der Waals surface area contributed by atoms with E-state index < -0.39 is 0 Å². The van der Waals surface area contributed by atoms with E-state index in [1.807, 2.05) is 38.1 Å². The van der Waals surface area contributed by atoms with Crippen molar-refractivity contribution in [2.24, 2.45) is 5.92 Å². The summed E-state index contributed by atoms with van der Waals surface area (Å²) < 4.78 is 7.71. The Bertz CT molecular complexity index is 1020. The van der Waals surface area contributed by atoms with Crippen LogP contribution in [-0.2, 0) is 4.79 Å². The molecule has 0 saturated carbocycles. The molecule has 130 valence electrons. The van der Waals surface area contributed by atoms with Crippen molar-refractivity contribution in [2.75, 3.05) is 0 Å². The van der Waals surface area contributed by atoms with Gasteiger partial charge in [-0.2, -0.15) is 0 Å². The van der Waals surface area contributed by atoms with Gasteiger partial charge in [-0.25, -0.2) is 0 Å². The van der Waals surface area contributed by atoms with Crippen LogP contribution in [0.4, 0.5) is 0 Å². The summed E-state index contributed by atoms with van der Waals surface area (Å²) in [6.07, 6.45) is 0.776. The van der Waals surface area contributed by atoms with Gasteiger partial charge in [-0.05, 0) is 42.8 Å². The third-order valence-electron chi connectivity index (χ3n) is 4.91. The minimum Gasteiger partial charge on any atom is -0.426 e. The van der Waals surface area contributed by atoms with Crippen LogP contribution in [0.1, 0.15) is 20.3 Å². The molecule has 0 fully saturated rings. The van der Waals surface area contributed by atoms with Gasteiger partial charge in [0.1, 0.15) is 5.75 Å². The lowest BCUT2D eigenvalue weighted by Gasteiger charge is -2.11. The number of hydrogen-bond acceptors (Lipinski definition) is 2. The smallest absolute Gasteiger partial charge is 0.314 e. The molecule has 0 aliphatic rings. The second-order valence-corrected chi connectivity index (χ2v) is 6.59. The predicted molar refractivity (Wildman–Crippen MR) is 106 cm³/mol. The molecule has 0 saturated heterocycles. The number of aromatic nitrogens is 1. The lowest BCUT2D eigenvalue weighted by Crippen LogP contribution is -2.16. The highest BCUT2D eigenvalue weighted by Crippen LogP contribution is 2.32. The van der Waals surface area contributed by atoms with E-state index >= 15 is 0 Å². The van der Waals surface area contributed by atoms with Crippen LogP contribution < -0.4 is 4.74 Å². The Kier molecular flexibility index (Phi) is 4.21. The van der Waals surface area contributed by atoms with Gasteiger partial charge < -0.3 is 9.30 Å². The van der Waals surface area contributed by atoms with Gasteiger partial charge in [-0.3, -0.25) is 4.79 Å². The molecule has 1 heterocycles. The fourth-order valence-electron chi connectivity index (χ4n) is 3.25. The maximum atomic E-state index is 12.0. The molecule has 1 atom stereocenters.